The molecule has 1 aliphatic heterocycles. The molecule has 1 aromatic rings. The Morgan fingerprint density at radius 1 is 1.39 bits per heavy atom. The Balaban J connectivity index is 1.87. The standard InChI is InChI=1S/C13H18ClN3O/c14-8-10-2-1-6-16(9-10)12-13(18)17(7-5-15-12)11-3-4-11/h5,7,10-11H,1-4,6,8-9H2. The molecule has 1 unspecified atom stereocenters. The minimum absolute atomic E-state index is 0.0650. The molecule has 5 heteroatoms. The topological polar surface area (TPSA) is 38.1 Å². The van der Waals surface area contributed by atoms with Gasteiger partial charge in [0.15, 0.2) is 5.82 Å². The molecule has 0 spiro atoms. The fourth-order valence-corrected chi connectivity index (χ4v) is 2.91. The fourth-order valence-electron chi connectivity index (χ4n) is 2.65. The van der Waals surface area contributed by atoms with Gasteiger partial charge in [0.2, 0.25) is 0 Å². The van der Waals surface area contributed by atoms with Crippen molar-refractivity contribution in [3.05, 3.63) is 22.7 Å². The van der Waals surface area contributed by atoms with Crippen LogP contribution >= 0.6 is 11.6 Å². The second-order valence-corrected chi connectivity index (χ2v) is 5.61. The first-order valence-corrected chi connectivity index (χ1v) is 7.21. The van der Waals surface area contributed by atoms with Crippen LogP contribution in [0.1, 0.15) is 31.7 Å². The van der Waals surface area contributed by atoms with Crippen LogP contribution in [-0.2, 0) is 0 Å². The lowest BCUT2D eigenvalue weighted by molar-refractivity contribution is 0.446. The molecular weight excluding hydrogens is 250 g/mol. The monoisotopic (exact) mass is 267 g/mol. The zero-order chi connectivity index (χ0) is 12.5. The van der Waals surface area contributed by atoms with Crippen LogP contribution in [0.3, 0.4) is 0 Å². The van der Waals surface area contributed by atoms with E-state index in [0.29, 0.717) is 23.7 Å². The zero-order valence-electron chi connectivity index (χ0n) is 10.4. The molecule has 1 aliphatic carbocycles. The summed E-state index contributed by atoms with van der Waals surface area (Å²) in [6.45, 7) is 1.78. The van der Waals surface area contributed by atoms with Crippen LogP contribution in [0.15, 0.2) is 17.2 Å². The van der Waals surface area contributed by atoms with Crippen LogP contribution in [-0.4, -0.2) is 28.5 Å². The molecule has 4 nitrogen and oxygen atoms in total. The maximum atomic E-state index is 12.4. The Morgan fingerprint density at radius 3 is 2.94 bits per heavy atom. The van der Waals surface area contributed by atoms with Gasteiger partial charge in [0, 0.05) is 37.4 Å². The molecule has 1 saturated heterocycles. The van der Waals surface area contributed by atoms with E-state index in [0.717, 1.165) is 38.8 Å². The molecule has 2 fully saturated rings. The summed E-state index contributed by atoms with van der Waals surface area (Å²) in [5.41, 5.74) is 0.0650. The van der Waals surface area contributed by atoms with Crippen molar-refractivity contribution in [3.8, 4) is 0 Å². The highest BCUT2D eigenvalue weighted by Crippen LogP contribution is 2.33. The van der Waals surface area contributed by atoms with Crippen LogP contribution in [0.2, 0.25) is 0 Å². The first-order valence-electron chi connectivity index (χ1n) is 6.67. The zero-order valence-corrected chi connectivity index (χ0v) is 11.1. The number of aromatic nitrogens is 2. The molecule has 0 radical (unpaired) electrons. The van der Waals surface area contributed by atoms with Gasteiger partial charge in [-0.1, -0.05) is 0 Å². The summed E-state index contributed by atoms with van der Waals surface area (Å²) in [6, 6.07) is 0.410. The van der Waals surface area contributed by atoms with Crippen molar-refractivity contribution in [1.82, 2.24) is 9.55 Å². The van der Waals surface area contributed by atoms with Gasteiger partial charge in [-0.15, -0.1) is 11.6 Å². The molecule has 0 amide bonds. The third kappa shape index (κ3) is 2.26. The van der Waals surface area contributed by atoms with E-state index < -0.39 is 0 Å². The van der Waals surface area contributed by atoms with Gasteiger partial charge in [0.25, 0.3) is 5.56 Å². The van der Waals surface area contributed by atoms with Crippen molar-refractivity contribution in [2.45, 2.75) is 31.7 Å². The number of nitrogens with zero attached hydrogens (tertiary/aromatic N) is 3. The average molecular weight is 268 g/mol. The lowest BCUT2D eigenvalue weighted by atomic mass is 10.0. The average Bonchev–Trinajstić information content (AvgIpc) is 3.23. The summed E-state index contributed by atoms with van der Waals surface area (Å²) < 4.78 is 1.84. The first kappa shape index (κ1) is 12.0. The molecule has 2 aliphatic rings. The highest BCUT2D eigenvalue weighted by Gasteiger charge is 2.27. The number of halogens is 1. The minimum Gasteiger partial charge on any atom is -0.352 e. The first-order chi connectivity index (χ1) is 8.79. The second-order valence-electron chi connectivity index (χ2n) is 5.30. The van der Waals surface area contributed by atoms with Crippen molar-refractivity contribution >= 4 is 17.4 Å². The van der Waals surface area contributed by atoms with Gasteiger partial charge in [0.05, 0.1) is 0 Å². The van der Waals surface area contributed by atoms with E-state index in [1.54, 1.807) is 6.20 Å². The Labute approximate surface area is 112 Å². The third-order valence-corrected chi connectivity index (χ3v) is 4.26. The van der Waals surface area contributed by atoms with Gasteiger partial charge in [-0.25, -0.2) is 4.98 Å². The summed E-state index contributed by atoms with van der Waals surface area (Å²) >= 11 is 5.93. The molecule has 98 valence electrons. The molecule has 18 heavy (non-hydrogen) atoms. The molecule has 0 aromatic carbocycles. The summed E-state index contributed by atoms with van der Waals surface area (Å²) in [6.07, 6.45) is 8.05. The molecule has 3 rings (SSSR count). The van der Waals surface area contributed by atoms with Crippen molar-refractivity contribution in [2.24, 2.45) is 5.92 Å². The SMILES string of the molecule is O=c1c(N2CCCC(CCl)C2)nccn1C1CC1. The quantitative estimate of drug-likeness (QED) is 0.787. The normalized spacial score (nSPS) is 24.3. The van der Waals surface area contributed by atoms with Crippen molar-refractivity contribution in [2.75, 3.05) is 23.9 Å². The molecule has 1 saturated carbocycles. The predicted molar refractivity (Wildman–Crippen MR) is 72.4 cm³/mol. The van der Waals surface area contributed by atoms with Gasteiger partial charge in [0.1, 0.15) is 0 Å². The van der Waals surface area contributed by atoms with Gasteiger partial charge in [-0.3, -0.25) is 4.79 Å². The molecule has 1 aromatic heterocycles. The number of hydrogen-bond acceptors (Lipinski definition) is 3. The molecular formula is C13H18ClN3O. The molecule has 0 bridgehead atoms. The minimum atomic E-state index is 0.0650. The predicted octanol–water partition coefficient (Wildman–Crippen LogP) is 2.03. The fraction of sp³-hybridized carbons (Fsp3) is 0.692. The lowest BCUT2D eigenvalue weighted by Gasteiger charge is -2.32. The van der Waals surface area contributed by atoms with Gasteiger partial charge >= 0.3 is 0 Å². The Bertz CT molecular complexity index is 483. The van der Waals surface area contributed by atoms with Crippen LogP contribution in [0.4, 0.5) is 5.82 Å². The largest absolute Gasteiger partial charge is 0.352 e. The number of anilines is 1. The van der Waals surface area contributed by atoms with Crippen molar-refractivity contribution in [1.29, 1.82) is 0 Å². The van der Waals surface area contributed by atoms with E-state index in [1.165, 1.54) is 0 Å². The molecule has 1 atom stereocenters. The lowest BCUT2D eigenvalue weighted by Crippen LogP contribution is -2.40. The number of alkyl halides is 1. The van der Waals surface area contributed by atoms with E-state index in [2.05, 4.69) is 9.88 Å². The number of hydrogen-bond donors (Lipinski definition) is 0. The second kappa shape index (κ2) is 4.92. The Kier molecular flexibility index (Phi) is 3.29. The van der Waals surface area contributed by atoms with Crippen LogP contribution in [0.25, 0.3) is 0 Å². The third-order valence-electron chi connectivity index (χ3n) is 3.83. The summed E-state index contributed by atoms with van der Waals surface area (Å²) in [5.74, 6) is 1.76. The number of rotatable bonds is 3. The van der Waals surface area contributed by atoms with Crippen LogP contribution in [0, 0.1) is 5.92 Å². The van der Waals surface area contributed by atoms with E-state index >= 15 is 0 Å². The van der Waals surface area contributed by atoms with E-state index in [9.17, 15) is 4.79 Å². The highest BCUT2D eigenvalue weighted by atomic mass is 35.5. The van der Waals surface area contributed by atoms with Gasteiger partial charge in [-0.2, -0.15) is 0 Å². The van der Waals surface area contributed by atoms with Crippen molar-refractivity contribution < 1.29 is 0 Å². The van der Waals surface area contributed by atoms with Crippen LogP contribution in [0.5, 0.6) is 0 Å². The Hall–Kier alpha value is -1.03. The van der Waals surface area contributed by atoms with Crippen LogP contribution < -0.4 is 10.5 Å². The van der Waals surface area contributed by atoms with E-state index in [1.807, 2.05) is 10.8 Å². The maximum Gasteiger partial charge on any atom is 0.293 e. The summed E-state index contributed by atoms with van der Waals surface area (Å²) in [5, 5.41) is 0. The maximum absolute atomic E-state index is 12.4. The smallest absolute Gasteiger partial charge is 0.293 e. The van der Waals surface area contributed by atoms with Gasteiger partial charge in [-0.05, 0) is 31.6 Å². The Morgan fingerprint density at radius 2 is 2.22 bits per heavy atom. The summed E-state index contributed by atoms with van der Waals surface area (Å²) in [4.78, 5) is 18.8. The van der Waals surface area contributed by atoms with E-state index in [-0.39, 0.29) is 5.56 Å². The molecule has 2 heterocycles. The number of piperidine rings is 1. The van der Waals surface area contributed by atoms with E-state index in [4.69, 9.17) is 11.6 Å². The summed E-state index contributed by atoms with van der Waals surface area (Å²) in [7, 11) is 0. The molecule has 0 N–H and O–H groups in total. The van der Waals surface area contributed by atoms with Crippen molar-refractivity contribution in [3.63, 3.8) is 0 Å². The highest BCUT2D eigenvalue weighted by molar-refractivity contribution is 6.18. The van der Waals surface area contributed by atoms with Gasteiger partial charge < -0.3 is 9.47 Å².